The molecular weight excluding hydrogens is 556 g/mol. The third-order valence-electron chi connectivity index (χ3n) is 8.34. The third kappa shape index (κ3) is 4.95. The molecule has 4 aromatic heterocycles. The minimum Gasteiger partial charge on any atom is -0.506 e. The molecule has 1 saturated heterocycles. The van der Waals surface area contributed by atoms with Crippen molar-refractivity contribution in [3.8, 4) is 28.1 Å². The summed E-state index contributed by atoms with van der Waals surface area (Å²) in [7, 11) is 2.15. The molecule has 0 spiro atoms. The van der Waals surface area contributed by atoms with E-state index in [0.29, 0.717) is 33.4 Å². The van der Waals surface area contributed by atoms with Crippen molar-refractivity contribution in [1.82, 2.24) is 34.5 Å². The maximum absolute atomic E-state index is 13.4. The van der Waals surface area contributed by atoms with Crippen molar-refractivity contribution < 1.29 is 9.52 Å². The first-order valence-electron chi connectivity index (χ1n) is 14.6. The highest BCUT2D eigenvalue weighted by atomic mass is 16.4. The highest BCUT2D eigenvalue weighted by Gasteiger charge is 2.27. The zero-order chi connectivity index (χ0) is 30.4. The Morgan fingerprint density at radius 1 is 0.977 bits per heavy atom. The zero-order valence-corrected chi connectivity index (χ0v) is 24.5. The van der Waals surface area contributed by atoms with Gasteiger partial charge in [0.25, 0.3) is 0 Å². The first kappa shape index (κ1) is 27.7. The second-order valence-corrected chi connectivity index (χ2v) is 11.3. The van der Waals surface area contributed by atoms with Gasteiger partial charge < -0.3 is 20.2 Å². The van der Waals surface area contributed by atoms with Gasteiger partial charge in [0.05, 0.1) is 17.0 Å². The van der Waals surface area contributed by atoms with Crippen LogP contribution in [0.3, 0.4) is 0 Å². The van der Waals surface area contributed by atoms with E-state index in [-0.39, 0.29) is 11.6 Å². The number of hydrogen-bond acceptors (Lipinski definition) is 10. The number of anilines is 1. The topological polar surface area (TPSA) is 139 Å². The lowest BCUT2D eigenvalue weighted by molar-refractivity contribution is 0.148. The predicted molar refractivity (Wildman–Crippen MR) is 169 cm³/mol. The summed E-state index contributed by atoms with van der Waals surface area (Å²) in [6, 6.07) is 16.9. The van der Waals surface area contributed by atoms with Crippen LogP contribution in [0.5, 0.6) is 5.75 Å². The molecule has 0 unspecified atom stereocenters. The highest BCUT2D eigenvalue weighted by Crippen LogP contribution is 2.38. The second kappa shape index (κ2) is 11.2. The van der Waals surface area contributed by atoms with E-state index in [1.165, 1.54) is 18.1 Å². The first-order chi connectivity index (χ1) is 21.4. The van der Waals surface area contributed by atoms with Gasteiger partial charge in [-0.2, -0.15) is 5.10 Å². The number of rotatable bonds is 6. The van der Waals surface area contributed by atoms with Crippen LogP contribution >= 0.6 is 0 Å². The summed E-state index contributed by atoms with van der Waals surface area (Å²) in [5.41, 5.74) is 10.3. The van der Waals surface area contributed by atoms with Gasteiger partial charge in [0, 0.05) is 55.4 Å². The molecule has 2 aromatic carbocycles. The Hall–Kier alpha value is -5.13. The Kier molecular flexibility index (Phi) is 7.03. The number of piperazine rings is 1. The zero-order valence-electron chi connectivity index (χ0n) is 24.5. The van der Waals surface area contributed by atoms with Gasteiger partial charge in [-0.25, -0.2) is 19.4 Å². The lowest BCUT2D eigenvalue weighted by Crippen LogP contribution is -2.43. The van der Waals surface area contributed by atoms with E-state index in [1.807, 2.05) is 25.1 Å². The van der Waals surface area contributed by atoms with Crippen molar-refractivity contribution in [3.63, 3.8) is 0 Å². The van der Waals surface area contributed by atoms with E-state index in [1.54, 1.807) is 23.0 Å². The summed E-state index contributed by atoms with van der Waals surface area (Å²) < 4.78 is 7.84. The lowest BCUT2D eigenvalue weighted by atomic mass is 9.94. The molecule has 0 aliphatic carbocycles. The number of nitrogen functional groups attached to an aromatic ring is 1. The Morgan fingerprint density at radius 3 is 2.57 bits per heavy atom. The maximum Gasteiger partial charge on any atom is 0.343 e. The number of aromatic nitrogens is 5. The number of nitrogens with two attached hydrogens (primary N) is 1. The predicted octanol–water partition coefficient (Wildman–Crippen LogP) is 4.31. The number of likely N-dealkylation sites (N-methyl/N-ethyl adjacent to an activating group) is 1. The summed E-state index contributed by atoms with van der Waals surface area (Å²) in [5, 5.41) is 16.8. The summed E-state index contributed by atoms with van der Waals surface area (Å²) >= 11 is 0. The van der Waals surface area contributed by atoms with Gasteiger partial charge in [-0.15, -0.1) is 0 Å². The average Bonchev–Trinajstić information content (AvgIpc) is 3.43. The summed E-state index contributed by atoms with van der Waals surface area (Å²) in [6.45, 7) is 6.87. The number of hydrogen-bond donors (Lipinski definition) is 2. The molecule has 1 fully saturated rings. The van der Waals surface area contributed by atoms with Crippen molar-refractivity contribution >= 4 is 27.6 Å². The fraction of sp³-hybridized carbons (Fsp3) is 0.242. The maximum atomic E-state index is 13.4. The van der Waals surface area contributed by atoms with Crippen LogP contribution in [0.25, 0.3) is 44.2 Å². The van der Waals surface area contributed by atoms with Gasteiger partial charge in [0.15, 0.2) is 5.65 Å². The quantitative estimate of drug-likeness (QED) is 0.289. The molecule has 1 aliphatic heterocycles. The fourth-order valence-corrected chi connectivity index (χ4v) is 6.03. The molecule has 5 heterocycles. The van der Waals surface area contributed by atoms with Crippen molar-refractivity contribution in [2.45, 2.75) is 19.5 Å². The molecule has 11 nitrogen and oxygen atoms in total. The Labute approximate surface area is 253 Å². The van der Waals surface area contributed by atoms with Crippen molar-refractivity contribution in [2.24, 2.45) is 0 Å². The summed E-state index contributed by atoms with van der Waals surface area (Å²) in [5.74, 6) is 0.684. The van der Waals surface area contributed by atoms with Crippen molar-refractivity contribution in [2.75, 3.05) is 39.0 Å². The average molecular weight is 589 g/mol. The number of fused-ring (bicyclic) bond motifs is 2. The van der Waals surface area contributed by atoms with Crippen LogP contribution in [0.4, 0.5) is 5.82 Å². The molecule has 7 rings (SSSR count). The minimum absolute atomic E-state index is 0.00654. The van der Waals surface area contributed by atoms with Crippen LogP contribution in [-0.2, 0) is 6.54 Å². The van der Waals surface area contributed by atoms with E-state index >= 15 is 0 Å². The second-order valence-electron chi connectivity index (χ2n) is 11.3. The molecule has 3 N–H and O–H groups in total. The molecule has 1 atom stereocenters. The number of pyridine rings is 1. The van der Waals surface area contributed by atoms with Gasteiger partial charge in [-0.3, -0.25) is 9.88 Å². The molecule has 0 saturated carbocycles. The van der Waals surface area contributed by atoms with Gasteiger partial charge in [-0.1, -0.05) is 36.4 Å². The summed E-state index contributed by atoms with van der Waals surface area (Å²) in [4.78, 5) is 31.0. The number of benzene rings is 2. The van der Waals surface area contributed by atoms with E-state index in [2.05, 4.69) is 56.1 Å². The van der Waals surface area contributed by atoms with Crippen molar-refractivity contribution in [3.05, 3.63) is 95.1 Å². The highest BCUT2D eigenvalue weighted by molar-refractivity contribution is 5.99. The van der Waals surface area contributed by atoms with Crippen LogP contribution in [0.15, 0.2) is 82.5 Å². The van der Waals surface area contributed by atoms with Gasteiger partial charge in [-0.05, 0) is 43.3 Å². The summed E-state index contributed by atoms with van der Waals surface area (Å²) in [6.07, 6.45) is 4.32. The van der Waals surface area contributed by atoms with E-state index in [0.717, 1.165) is 49.2 Å². The van der Waals surface area contributed by atoms with Gasteiger partial charge >= 0.3 is 5.63 Å². The van der Waals surface area contributed by atoms with Gasteiger partial charge in [0.2, 0.25) is 0 Å². The monoisotopic (exact) mass is 588 g/mol. The SMILES string of the molecule is C[C@@H](c1oc(=O)c2ccccc2c1-c1cccc(CN2CCN(C)CC2)c1)n1nc(-c2cncc(O)c2)c2c(N)ncnc21. The van der Waals surface area contributed by atoms with E-state index in [4.69, 9.17) is 15.2 Å². The molecule has 222 valence electrons. The first-order valence-corrected chi connectivity index (χ1v) is 14.6. The van der Waals surface area contributed by atoms with Crippen LogP contribution in [0.2, 0.25) is 0 Å². The molecule has 11 heteroatoms. The third-order valence-corrected chi connectivity index (χ3v) is 8.34. The Bertz CT molecular complexity index is 2060. The molecule has 0 bridgehead atoms. The van der Waals surface area contributed by atoms with Crippen molar-refractivity contribution in [1.29, 1.82) is 0 Å². The normalized spacial score (nSPS) is 15.2. The van der Waals surface area contributed by atoms with Crippen LogP contribution < -0.4 is 11.4 Å². The molecule has 44 heavy (non-hydrogen) atoms. The molecule has 0 amide bonds. The number of aromatic hydroxyl groups is 1. The largest absolute Gasteiger partial charge is 0.506 e. The molecule has 6 aromatic rings. The van der Waals surface area contributed by atoms with Crippen LogP contribution in [-0.4, -0.2) is 72.9 Å². The van der Waals surface area contributed by atoms with E-state index in [9.17, 15) is 9.90 Å². The van der Waals surface area contributed by atoms with Gasteiger partial charge in [0.1, 0.15) is 35.4 Å². The fourth-order valence-electron chi connectivity index (χ4n) is 6.03. The van der Waals surface area contributed by atoms with Crippen LogP contribution in [0.1, 0.15) is 24.3 Å². The molecule has 0 radical (unpaired) electrons. The Balaban J connectivity index is 1.40. The minimum atomic E-state index is -0.570. The Morgan fingerprint density at radius 2 is 1.77 bits per heavy atom. The molecular formula is C33H32N8O3. The van der Waals surface area contributed by atoms with E-state index < -0.39 is 11.7 Å². The number of nitrogens with zero attached hydrogens (tertiary/aromatic N) is 7. The lowest BCUT2D eigenvalue weighted by Gasteiger charge is -2.32. The smallest absolute Gasteiger partial charge is 0.343 e. The van der Waals surface area contributed by atoms with Crippen LogP contribution in [0, 0.1) is 0 Å². The molecule has 1 aliphatic rings. The standard InChI is InChI=1S/C33H32N8O3/c1-20(41-32-28(31(34)36-19-37-32)29(38-41)23-15-24(42)17-35-16-23)30-27(25-8-3-4-9-26(25)33(43)44-30)22-7-5-6-21(14-22)18-40-12-10-39(2)11-13-40/h3-9,14-17,19-20,42H,10-13,18H2,1-2H3,(H2,34,36,37)/t20-/m0/s1.